The predicted molar refractivity (Wildman–Crippen MR) is 108 cm³/mol. The molecule has 0 spiro atoms. The Morgan fingerprint density at radius 3 is 1.25 bits per heavy atom. The van der Waals surface area contributed by atoms with Gasteiger partial charge in [-0.1, -0.05) is 41.5 Å². The maximum atomic E-state index is 10.7. The van der Waals surface area contributed by atoms with E-state index < -0.39 is 23.0 Å². The first-order valence-electron chi connectivity index (χ1n) is 9.46. The van der Waals surface area contributed by atoms with Crippen molar-refractivity contribution in [2.75, 3.05) is 0 Å². The summed E-state index contributed by atoms with van der Waals surface area (Å²) >= 11 is 0. The molecule has 28 heavy (non-hydrogen) atoms. The molecule has 0 unspecified atom stereocenters. The summed E-state index contributed by atoms with van der Waals surface area (Å²) in [5.74, 6) is 0. The molecule has 2 atom stereocenters. The highest BCUT2D eigenvalue weighted by molar-refractivity contribution is 5.57. The lowest BCUT2D eigenvalue weighted by molar-refractivity contribution is 0.0585. The zero-order valence-corrected chi connectivity index (χ0v) is 17.6. The highest BCUT2D eigenvalue weighted by Gasteiger charge is 2.28. The van der Waals surface area contributed by atoms with Gasteiger partial charge in [0.05, 0.1) is 36.0 Å². The van der Waals surface area contributed by atoms with Crippen LogP contribution in [0.5, 0.6) is 0 Å². The Bertz CT molecular complexity index is 753. The van der Waals surface area contributed by atoms with Crippen molar-refractivity contribution in [1.82, 2.24) is 9.97 Å². The zero-order valence-electron chi connectivity index (χ0n) is 17.6. The fraction of sp³-hybridized carbons (Fsp3) is 0.545. The van der Waals surface area contributed by atoms with Gasteiger partial charge < -0.3 is 20.4 Å². The van der Waals surface area contributed by atoms with Crippen LogP contribution in [0.1, 0.15) is 76.3 Å². The van der Waals surface area contributed by atoms with Gasteiger partial charge in [0.15, 0.2) is 0 Å². The maximum Gasteiger partial charge on any atom is 0.101 e. The molecule has 6 heteroatoms. The van der Waals surface area contributed by atoms with Crippen LogP contribution in [0.15, 0.2) is 24.3 Å². The van der Waals surface area contributed by atoms with Crippen LogP contribution in [-0.2, 0) is 13.2 Å². The molecule has 0 amide bonds. The van der Waals surface area contributed by atoms with Gasteiger partial charge in [0.25, 0.3) is 0 Å². The number of nitrogens with zero attached hydrogens (tertiary/aromatic N) is 2. The molecule has 2 heterocycles. The second-order valence-electron chi connectivity index (χ2n) is 9.42. The molecule has 0 saturated heterocycles. The normalized spacial score (nSPS) is 14.8. The van der Waals surface area contributed by atoms with Crippen molar-refractivity contribution in [1.29, 1.82) is 0 Å². The summed E-state index contributed by atoms with van der Waals surface area (Å²) < 4.78 is 0. The second-order valence-corrected chi connectivity index (χ2v) is 9.42. The van der Waals surface area contributed by atoms with E-state index in [0.29, 0.717) is 33.9 Å². The molecule has 0 fully saturated rings. The molecule has 0 aliphatic heterocycles. The quantitative estimate of drug-likeness (QED) is 0.626. The first kappa shape index (κ1) is 22.4. The number of rotatable bonds is 5. The lowest BCUT2D eigenvalue weighted by Crippen LogP contribution is -2.20. The SMILES string of the molecule is CC(C)(C)[C@H](O)c1cc(CO)cc(-c2cc(CO)cc([C@@H](O)C(C)(C)C)n2)n1. The van der Waals surface area contributed by atoms with Gasteiger partial charge in [-0.15, -0.1) is 0 Å². The van der Waals surface area contributed by atoms with Gasteiger partial charge >= 0.3 is 0 Å². The summed E-state index contributed by atoms with van der Waals surface area (Å²) in [6.45, 7) is 11.1. The highest BCUT2D eigenvalue weighted by atomic mass is 16.3. The van der Waals surface area contributed by atoms with Crippen LogP contribution in [0, 0.1) is 10.8 Å². The molecule has 0 aliphatic carbocycles. The fourth-order valence-corrected chi connectivity index (χ4v) is 2.83. The highest BCUT2D eigenvalue weighted by Crippen LogP contribution is 2.35. The molecule has 154 valence electrons. The average Bonchev–Trinajstić information content (AvgIpc) is 2.64. The van der Waals surface area contributed by atoms with Crippen molar-refractivity contribution in [3.05, 3.63) is 46.8 Å². The molecule has 2 aromatic heterocycles. The van der Waals surface area contributed by atoms with Crippen LogP contribution in [0.4, 0.5) is 0 Å². The average molecular weight is 389 g/mol. The summed E-state index contributed by atoms with van der Waals surface area (Å²) in [4.78, 5) is 9.14. The van der Waals surface area contributed by atoms with E-state index in [9.17, 15) is 20.4 Å². The summed E-state index contributed by atoms with van der Waals surface area (Å²) in [5.41, 5.74) is 2.21. The Balaban J connectivity index is 2.63. The first-order valence-corrected chi connectivity index (χ1v) is 9.46. The van der Waals surface area contributed by atoms with Gasteiger partial charge in [0, 0.05) is 0 Å². The van der Waals surface area contributed by atoms with E-state index in [0.717, 1.165) is 0 Å². The maximum absolute atomic E-state index is 10.7. The Morgan fingerprint density at radius 1 is 0.679 bits per heavy atom. The third kappa shape index (κ3) is 5.14. The van der Waals surface area contributed by atoms with E-state index in [1.165, 1.54) is 0 Å². The molecule has 0 aromatic carbocycles. The molecule has 0 saturated carbocycles. The van der Waals surface area contributed by atoms with Crippen LogP contribution < -0.4 is 0 Å². The molecule has 4 N–H and O–H groups in total. The van der Waals surface area contributed by atoms with Gasteiger partial charge in [-0.25, -0.2) is 9.97 Å². The second kappa shape index (κ2) is 8.25. The van der Waals surface area contributed by atoms with Gasteiger partial charge in [0.2, 0.25) is 0 Å². The number of hydrogen-bond donors (Lipinski definition) is 4. The van der Waals surface area contributed by atoms with Crippen LogP contribution in [0.2, 0.25) is 0 Å². The minimum atomic E-state index is -0.821. The monoisotopic (exact) mass is 388 g/mol. The van der Waals surface area contributed by atoms with Crippen LogP contribution in [0.3, 0.4) is 0 Å². The summed E-state index contributed by atoms with van der Waals surface area (Å²) in [6.07, 6.45) is -1.64. The molecular formula is C22H32N2O4. The van der Waals surface area contributed by atoms with Gasteiger partial charge in [-0.3, -0.25) is 0 Å². The van der Waals surface area contributed by atoms with E-state index in [1.807, 2.05) is 41.5 Å². The van der Waals surface area contributed by atoms with Crippen molar-refractivity contribution in [3.8, 4) is 11.4 Å². The van der Waals surface area contributed by atoms with E-state index >= 15 is 0 Å². The molecule has 6 nitrogen and oxygen atoms in total. The predicted octanol–water partition coefficient (Wildman–Crippen LogP) is 3.29. The number of aliphatic hydroxyl groups is 4. The standard InChI is InChI=1S/C22H32N2O4/c1-21(2,3)19(27)17-9-13(11-25)7-15(23-17)16-8-14(12-26)10-18(24-16)20(28)22(4,5)6/h7-10,19-20,25-28H,11-12H2,1-6H3/t19-,20-/m1/s1. The third-order valence-corrected chi connectivity index (χ3v) is 4.64. The minimum absolute atomic E-state index is 0.198. The number of aliphatic hydroxyl groups excluding tert-OH is 4. The van der Waals surface area contributed by atoms with Crippen molar-refractivity contribution in [2.45, 2.75) is 67.0 Å². The van der Waals surface area contributed by atoms with E-state index in [-0.39, 0.29) is 13.2 Å². The zero-order chi connectivity index (χ0) is 21.3. The van der Waals surface area contributed by atoms with Crippen LogP contribution >= 0.6 is 0 Å². The van der Waals surface area contributed by atoms with E-state index in [2.05, 4.69) is 9.97 Å². The van der Waals surface area contributed by atoms with E-state index in [1.54, 1.807) is 24.3 Å². The lowest BCUT2D eigenvalue weighted by Gasteiger charge is -2.27. The largest absolute Gasteiger partial charge is 0.392 e. The van der Waals surface area contributed by atoms with Crippen molar-refractivity contribution < 1.29 is 20.4 Å². The summed E-state index contributed by atoms with van der Waals surface area (Å²) in [7, 11) is 0. The van der Waals surface area contributed by atoms with Crippen molar-refractivity contribution in [3.63, 3.8) is 0 Å². The minimum Gasteiger partial charge on any atom is -0.392 e. The molecule has 0 aliphatic rings. The molecule has 2 rings (SSSR count). The molecular weight excluding hydrogens is 356 g/mol. The van der Waals surface area contributed by atoms with Crippen molar-refractivity contribution in [2.24, 2.45) is 10.8 Å². The van der Waals surface area contributed by atoms with Gasteiger partial charge in [-0.05, 0) is 46.2 Å². The Hall–Kier alpha value is -1.86. The Kier molecular flexibility index (Phi) is 6.61. The smallest absolute Gasteiger partial charge is 0.101 e. The fourth-order valence-electron chi connectivity index (χ4n) is 2.83. The lowest BCUT2D eigenvalue weighted by atomic mass is 9.86. The molecule has 0 bridgehead atoms. The summed E-state index contributed by atoms with van der Waals surface area (Å²) in [5, 5.41) is 40.6. The van der Waals surface area contributed by atoms with Crippen molar-refractivity contribution >= 4 is 0 Å². The summed E-state index contributed by atoms with van der Waals surface area (Å²) in [6, 6.07) is 6.77. The topological polar surface area (TPSA) is 107 Å². The number of hydrogen-bond acceptors (Lipinski definition) is 6. The van der Waals surface area contributed by atoms with Crippen LogP contribution in [-0.4, -0.2) is 30.4 Å². The molecule has 0 radical (unpaired) electrons. The van der Waals surface area contributed by atoms with E-state index in [4.69, 9.17) is 0 Å². The van der Waals surface area contributed by atoms with Gasteiger partial charge in [-0.2, -0.15) is 0 Å². The Morgan fingerprint density at radius 2 is 1.00 bits per heavy atom. The number of aromatic nitrogens is 2. The Labute approximate surface area is 166 Å². The molecule has 2 aromatic rings. The number of pyridine rings is 2. The third-order valence-electron chi connectivity index (χ3n) is 4.64. The van der Waals surface area contributed by atoms with Crippen LogP contribution in [0.25, 0.3) is 11.4 Å². The first-order chi connectivity index (χ1) is 12.9. The van der Waals surface area contributed by atoms with Gasteiger partial charge in [0.1, 0.15) is 12.2 Å².